The molecule has 0 aliphatic carbocycles. The van der Waals surface area contributed by atoms with E-state index >= 15 is 0 Å². The molecule has 0 aromatic carbocycles. The molecule has 0 bridgehead atoms. The molecule has 4 rings (SSSR count). The van der Waals surface area contributed by atoms with E-state index < -0.39 is 15.9 Å². The quantitative estimate of drug-likeness (QED) is 0.472. The zero-order valence-corrected chi connectivity index (χ0v) is 18.9. The number of likely N-dealkylation sites (N-methyl/N-ethyl adjacent to an activating group) is 1. The number of carbonyl (C=O) groups is 1. The number of piperazine rings is 1. The van der Waals surface area contributed by atoms with Crippen LogP contribution in [0.3, 0.4) is 0 Å². The topological polar surface area (TPSA) is 156 Å². The molecule has 170 valence electrons. The van der Waals surface area contributed by atoms with Crippen LogP contribution in [-0.4, -0.2) is 82.8 Å². The third-order valence-electron chi connectivity index (χ3n) is 5.22. The monoisotopic (exact) mass is 478 g/mol. The molecule has 14 heteroatoms. The average molecular weight is 479 g/mol. The van der Waals surface area contributed by atoms with Crippen LogP contribution in [-0.2, 0) is 16.6 Å². The lowest BCUT2D eigenvalue weighted by molar-refractivity contribution is 0.102. The maximum atomic E-state index is 13.0. The van der Waals surface area contributed by atoms with Crippen molar-refractivity contribution >= 4 is 43.4 Å². The minimum atomic E-state index is -3.94. The van der Waals surface area contributed by atoms with Gasteiger partial charge < -0.3 is 10.2 Å². The molecule has 3 aromatic heterocycles. The Morgan fingerprint density at radius 1 is 1.19 bits per heavy atom. The Hall–Kier alpha value is -2.78. The highest BCUT2D eigenvalue weighted by atomic mass is 32.2. The van der Waals surface area contributed by atoms with Crippen LogP contribution in [0.4, 0.5) is 5.69 Å². The molecule has 1 aliphatic rings. The predicted molar refractivity (Wildman–Crippen MR) is 119 cm³/mol. The van der Waals surface area contributed by atoms with Crippen molar-refractivity contribution in [3.8, 4) is 0 Å². The lowest BCUT2D eigenvalue weighted by Gasteiger charge is -2.32. The molecule has 0 spiro atoms. The van der Waals surface area contributed by atoms with Crippen molar-refractivity contribution in [3.05, 3.63) is 40.7 Å². The Kier molecular flexibility index (Phi) is 6.30. The van der Waals surface area contributed by atoms with Crippen molar-refractivity contribution in [2.45, 2.75) is 11.6 Å². The fourth-order valence-electron chi connectivity index (χ4n) is 3.33. The van der Waals surface area contributed by atoms with Crippen LogP contribution < -0.4 is 16.0 Å². The van der Waals surface area contributed by atoms with Crippen molar-refractivity contribution in [2.75, 3.05) is 45.1 Å². The number of anilines is 1. The summed E-state index contributed by atoms with van der Waals surface area (Å²) in [6, 6.07) is 2.53. The van der Waals surface area contributed by atoms with Crippen LogP contribution in [0.1, 0.15) is 10.5 Å². The van der Waals surface area contributed by atoms with Gasteiger partial charge in [-0.3, -0.25) is 19.1 Å². The highest BCUT2D eigenvalue weighted by Gasteiger charge is 2.21. The number of pyridine rings is 1. The second-order valence-corrected chi connectivity index (χ2v) is 9.74. The fraction of sp³-hybridized carbons (Fsp3) is 0.389. The zero-order chi connectivity index (χ0) is 22.9. The van der Waals surface area contributed by atoms with Crippen LogP contribution in [0.15, 0.2) is 34.5 Å². The number of nitrogens with one attached hydrogen (secondary N) is 1. The summed E-state index contributed by atoms with van der Waals surface area (Å²) in [5.74, 6) is -0.614. The van der Waals surface area contributed by atoms with Crippen LogP contribution in [0.2, 0.25) is 0 Å². The van der Waals surface area contributed by atoms with Crippen molar-refractivity contribution in [1.82, 2.24) is 28.7 Å². The highest BCUT2D eigenvalue weighted by Crippen LogP contribution is 2.18. The molecular formula is C18H22N8O4S2. The molecule has 3 N–H and O–H groups in total. The fourth-order valence-corrected chi connectivity index (χ4v) is 4.51. The van der Waals surface area contributed by atoms with Gasteiger partial charge >= 0.3 is 0 Å². The molecule has 0 radical (unpaired) electrons. The van der Waals surface area contributed by atoms with E-state index in [0.717, 1.165) is 37.7 Å². The second-order valence-electron chi connectivity index (χ2n) is 7.48. The van der Waals surface area contributed by atoms with Gasteiger partial charge in [0, 0.05) is 39.3 Å². The van der Waals surface area contributed by atoms with Crippen molar-refractivity contribution in [1.29, 1.82) is 0 Å². The number of sulfonamides is 1. The number of rotatable bonds is 6. The Morgan fingerprint density at radius 2 is 1.94 bits per heavy atom. The number of fused-ring (bicyclic) bond motifs is 1. The number of hydrogen-bond donors (Lipinski definition) is 2. The maximum absolute atomic E-state index is 13.0. The molecule has 1 amide bonds. The summed E-state index contributed by atoms with van der Waals surface area (Å²) in [6.45, 7) is 5.01. The number of aromatic nitrogens is 4. The van der Waals surface area contributed by atoms with Gasteiger partial charge in [0.1, 0.15) is 5.39 Å². The van der Waals surface area contributed by atoms with E-state index in [2.05, 4.69) is 36.5 Å². The molecule has 4 heterocycles. The summed E-state index contributed by atoms with van der Waals surface area (Å²) in [6.07, 6.45) is 2.65. The standard InChI is InChI=1S/C18H22N8O4S2/c1-24-4-6-25(7-5-24)8-9-26-11-21-17-14(18(26)28)15(23-31-17)16(27)22-12-2-3-13(20-10-12)32(19,29)30/h2-3,10-11H,4-9H2,1H3,(H,22,27)(H2,19,29,30). The number of hydrogen-bond acceptors (Lipinski definition) is 10. The first-order valence-corrected chi connectivity index (χ1v) is 12.1. The lowest BCUT2D eigenvalue weighted by Crippen LogP contribution is -2.45. The van der Waals surface area contributed by atoms with Gasteiger partial charge in [0.15, 0.2) is 15.6 Å². The molecule has 1 aliphatic heterocycles. The van der Waals surface area contributed by atoms with E-state index in [4.69, 9.17) is 5.14 Å². The van der Waals surface area contributed by atoms with E-state index in [1.807, 2.05) is 0 Å². The smallest absolute Gasteiger partial charge is 0.276 e. The van der Waals surface area contributed by atoms with E-state index in [0.29, 0.717) is 17.9 Å². The van der Waals surface area contributed by atoms with Crippen LogP contribution in [0, 0.1) is 0 Å². The summed E-state index contributed by atoms with van der Waals surface area (Å²) in [4.78, 5) is 38.7. The normalized spacial score (nSPS) is 15.8. The van der Waals surface area contributed by atoms with Crippen LogP contribution in [0.25, 0.3) is 10.2 Å². The molecule has 0 atom stereocenters. The van der Waals surface area contributed by atoms with Gasteiger partial charge in [0.05, 0.1) is 18.2 Å². The first-order chi connectivity index (χ1) is 15.2. The van der Waals surface area contributed by atoms with Gasteiger partial charge in [-0.25, -0.2) is 23.5 Å². The Bertz CT molecular complexity index is 1290. The van der Waals surface area contributed by atoms with E-state index in [-0.39, 0.29) is 27.4 Å². The summed E-state index contributed by atoms with van der Waals surface area (Å²) in [5, 5.41) is 7.43. The van der Waals surface area contributed by atoms with Crippen molar-refractivity contribution in [2.24, 2.45) is 5.14 Å². The van der Waals surface area contributed by atoms with Gasteiger partial charge in [-0.1, -0.05) is 0 Å². The van der Waals surface area contributed by atoms with Gasteiger partial charge in [0.2, 0.25) is 0 Å². The SMILES string of the molecule is CN1CCN(CCn2cnc3snc(C(=O)Nc4ccc(S(N)(=O)=O)nc4)c3c2=O)CC1. The highest BCUT2D eigenvalue weighted by molar-refractivity contribution is 7.89. The summed E-state index contributed by atoms with van der Waals surface area (Å²) < 4.78 is 28.2. The zero-order valence-electron chi connectivity index (χ0n) is 17.3. The molecule has 12 nitrogen and oxygen atoms in total. The molecule has 0 unspecified atom stereocenters. The number of carbonyl (C=O) groups excluding carboxylic acids is 1. The van der Waals surface area contributed by atoms with Gasteiger partial charge in [-0.2, -0.15) is 4.37 Å². The number of nitrogens with zero attached hydrogens (tertiary/aromatic N) is 6. The number of amides is 1. The van der Waals surface area contributed by atoms with Crippen molar-refractivity contribution in [3.63, 3.8) is 0 Å². The first kappa shape index (κ1) is 22.4. The lowest BCUT2D eigenvalue weighted by atomic mass is 10.2. The second kappa shape index (κ2) is 8.99. The van der Waals surface area contributed by atoms with Crippen LogP contribution >= 0.6 is 11.5 Å². The largest absolute Gasteiger partial charge is 0.319 e. The molecular weight excluding hydrogens is 456 g/mol. The van der Waals surface area contributed by atoms with E-state index in [1.54, 1.807) is 0 Å². The van der Waals surface area contributed by atoms with E-state index in [1.165, 1.54) is 29.2 Å². The third-order valence-corrected chi connectivity index (χ3v) is 6.80. The number of nitrogens with two attached hydrogens (primary N) is 1. The van der Waals surface area contributed by atoms with Crippen molar-refractivity contribution < 1.29 is 13.2 Å². The summed E-state index contributed by atoms with van der Waals surface area (Å²) >= 11 is 0.965. The third kappa shape index (κ3) is 4.83. The van der Waals surface area contributed by atoms with Gasteiger partial charge in [0.25, 0.3) is 21.5 Å². The molecule has 0 saturated carbocycles. The molecule has 1 saturated heterocycles. The summed E-state index contributed by atoms with van der Waals surface area (Å²) in [5.41, 5.74) is -0.125. The first-order valence-electron chi connectivity index (χ1n) is 9.78. The number of primary sulfonamides is 1. The minimum absolute atomic E-state index is 0.0352. The predicted octanol–water partition coefficient (Wildman–Crippen LogP) is -0.605. The van der Waals surface area contributed by atoms with Gasteiger partial charge in [-0.15, -0.1) is 0 Å². The molecule has 3 aromatic rings. The Morgan fingerprint density at radius 3 is 2.59 bits per heavy atom. The summed E-state index contributed by atoms with van der Waals surface area (Å²) in [7, 11) is -1.86. The maximum Gasteiger partial charge on any atom is 0.276 e. The molecule has 1 fully saturated rings. The Labute approximate surface area is 187 Å². The molecule has 32 heavy (non-hydrogen) atoms. The average Bonchev–Trinajstić information content (AvgIpc) is 3.19. The minimum Gasteiger partial charge on any atom is -0.319 e. The van der Waals surface area contributed by atoms with Gasteiger partial charge in [-0.05, 0) is 30.7 Å². The van der Waals surface area contributed by atoms with E-state index in [9.17, 15) is 18.0 Å². The Balaban J connectivity index is 1.52. The van der Waals surface area contributed by atoms with Crippen LogP contribution in [0.5, 0.6) is 0 Å².